The van der Waals surface area contributed by atoms with Crippen molar-refractivity contribution in [1.82, 2.24) is 9.78 Å². The number of nitrogens with one attached hydrogen (secondary N) is 1. The Morgan fingerprint density at radius 3 is 2.75 bits per heavy atom. The summed E-state index contributed by atoms with van der Waals surface area (Å²) in [6, 6.07) is 0.267. The molecule has 5 heteroatoms. The lowest BCUT2D eigenvalue weighted by Crippen LogP contribution is -2.33. The molecule has 0 amide bonds. The van der Waals surface area contributed by atoms with Crippen molar-refractivity contribution in [2.45, 2.75) is 59.0 Å². The number of hydrogen-bond donors (Lipinski definition) is 1. The third-order valence-electron chi connectivity index (χ3n) is 4.52. The Labute approximate surface area is 129 Å². The highest BCUT2D eigenvalue weighted by atomic mass is 79.9. The third kappa shape index (κ3) is 3.43. The number of halogens is 1. The SMILES string of the molecule is CCC(C)C(C)Nc1c(Br)cnn(CC2CCC2)c1=O. The average molecular weight is 342 g/mol. The fourth-order valence-electron chi connectivity index (χ4n) is 2.37. The monoisotopic (exact) mass is 341 g/mol. The van der Waals surface area contributed by atoms with Crippen LogP contribution >= 0.6 is 15.9 Å². The molecule has 2 rings (SSSR count). The van der Waals surface area contributed by atoms with Gasteiger partial charge in [0.15, 0.2) is 0 Å². The Morgan fingerprint density at radius 2 is 2.20 bits per heavy atom. The minimum Gasteiger partial charge on any atom is -0.377 e. The Morgan fingerprint density at radius 1 is 1.50 bits per heavy atom. The van der Waals surface area contributed by atoms with Crippen LogP contribution in [0.25, 0.3) is 0 Å². The Kier molecular flexibility index (Phi) is 5.24. The molecule has 1 fully saturated rings. The van der Waals surface area contributed by atoms with Crippen LogP contribution in [0.3, 0.4) is 0 Å². The zero-order valence-electron chi connectivity index (χ0n) is 12.5. The van der Waals surface area contributed by atoms with Gasteiger partial charge in [0.05, 0.1) is 10.7 Å². The van der Waals surface area contributed by atoms with Crippen LogP contribution in [0.1, 0.15) is 46.5 Å². The first-order valence-electron chi connectivity index (χ1n) is 7.55. The zero-order chi connectivity index (χ0) is 14.7. The van der Waals surface area contributed by atoms with Gasteiger partial charge in [-0.05, 0) is 47.5 Å². The van der Waals surface area contributed by atoms with Crippen LogP contribution < -0.4 is 10.9 Å². The molecule has 1 heterocycles. The van der Waals surface area contributed by atoms with Gasteiger partial charge in [0, 0.05) is 12.6 Å². The molecule has 2 unspecified atom stereocenters. The highest BCUT2D eigenvalue weighted by Gasteiger charge is 2.21. The van der Waals surface area contributed by atoms with Crippen LogP contribution in [0.5, 0.6) is 0 Å². The summed E-state index contributed by atoms with van der Waals surface area (Å²) in [7, 11) is 0. The molecule has 1 N–H and O–H groups in total. The van der Waals surface area contributed by atoms with Gasteiger partial charge in [-0.25, -0.2) is 4.68 Å². The largest absolute Gasteiger partial charge is 0.377 e. The second-order valence-electron chi connectivity index (χ2n) is 5.97. The molecule has 1 aromatic heterocycles. The molecule has 1 aliphatic rings. The van der Waals surface area contributed by atoms with Gasteiger partial charge >= 0.3 is 0 Å². The average Bonchev–Trinajstić information content (AvgIpc) is 2.39. The van der Waals surface area contributed by atoms with E-state index in [2.05, 4.69) is 47.1 Å². The summed E-state index contributed by atoms with van der Waals surface area (Å²) in [5.41, 5.74) is 0.633. The minimum absolute atomic E-state index is 0.0126. The van der Waals surface area contributed by atoms with Gasteiger partial charge in [-0.1, -0.05) is 26.7 Å². The van der Waals surface area contributed by atoms with Crippen molar-refractivity contribution in [2.24, 2.45) is 11.8 Å². The van der Waals surface area contributed by atoms with E-state index in [4.69, 9.17) is 0 Å². The van der Waals surface area contributed by atoms with Crippen LogP contribution in [0, 0.1) is 11.8 Å². The highest BCUT2D eigenvalue weighted by Crippen LogP contribution is 2.27. The lowest BCUT2D eigenvalue weighted by Gasteiger charge is -2.26. The molecule has 4 nitrogen and oxygen atoms in total. The number of anilines is 1. The standard InChI is InChI=1S/C15H24BrN3O/c1-4-10(2)11(3)18-14-13(16)8-17-19(15(14)20)9-12-6-5-7-12/h8,10-12,18H,4-7,9H2,1-3H3. The third-order valence-corrected chi connectivity index (χ3v) is 5.12. The van der Waals surface area contributed by atoms with Crippen molar-refractivity contribution in [3.8, 4) is 0 Å². The summed E-state index contributed by atoms with van der Waals surface area (Å²) in [5, 5.41) is 7.61. The molecule has 0 aromatic carbocycles. The molecule has 1 aliphatic carbocycles. The summed E-state index contributed by atoms with van der Waals surface area (Å²) in [6.07, 6.45) is 6.54. The van der Waals surface area contributed by atoms with Crippen molar-refractivity contribution >= 4 is 21.6 Å². The number of hydrogen-bond acceptors (Lipinski definition) is 3. The van der Waals surface area contributed by atoms with Crippen LogP contribution in [0.2, 0.25) is 0 Å². The topological polar surface area (TPSA) is 46.9 Å². The van der Waals surface area contributed by atoms with Crippen molar-refractivity contribution in [3.63, 3.8) is 0 Å². The summed E-state index contributed by atoms with van der Waals surface area (Å²) in [5.74, 6) is 1.15. The van der Waals surface area contributed by atoms with Crippen molar-refractivity contribution in [2.75, 3.05) is 5.32 Å². The smallest absolute Gasteiger partial charge is 0.291 e. The van der Waals surface area contributed by atoms with E-state index >= 15 is 0 Å². The zero-order valence-corrected chi connectivity index (χ0v) is 14.1. The molecular weight excluding hydrogens is 318 g/mol. The molecule has 20 heavy (non-hydrogen) atoms. The summed E-state index contributed by atoms with van der Waals surface area (Å²) >= 11 is 3.44. The predicted molar refractivity (Wildman–Crippen MR) is 86.1 cm³/mol. The highest BCUT2D eigenvalue weighted by molar-refractivity contribution is 9.10. The normalized spacial score (nSPS) is 18.4. The molecule has 0 saturated heterocycles. The first-order valence-corrected chi connectivity index (χ1v) is 8.34. The van der Waals surface area contributed by atoms with E-state index in [1.807, 2.05) is 0 Å². The van der Waals surface area contributed by atoms with Gasteiger partial charge < -0.3 is 5.32 Å². The van der Waals surface area contributed by atoms with E-state index in [0.717, 1.165) is 17.4 Å². The van der Waals surface area contributed by atoms with Gasteiger partial charge in [0.25, 0.3) is 5.56 Å². The van der Waals surface area contributed by atoms with Gasteiger partial charge in [-0.15, -0.1) is 0 Å². The lowest BCUT2D eigenvalue weighted by molar-refractivity contribution is 0.261. The number of rotatable bonds is 6. The molecule has 1 saturated carbocycles. The molecule has 0 radical (unpaired) electrons. The van der Waals surface area contributed by atoms with Gasteiger partial charge in [0.1, 0.15) is 5.69 Å². The van der Waals surface area contributed by atoms with Crippen LogP contribution in [-0.4, -0.2) is 15.8 Å². The van der Waals surface area contributed by atoms with E-state index in [1.54, 1.807) is 10.9 Å². The van der Waals surface area contributed by atoms with Crippen LogP contribution in [0.15, 0.2) is 15.5 Å². The van der Waals surface area contributed by atoms with Crippen LogP contribution in [0.4, 0.5) is 5.69 Å². The van der Waals surface area contributed by atoms with E-state index in [-0.39, 0.29) is 11.6 Å². The molecule has 1 aromatic rings. The maximum absolute atomic E-state index is 12.5. The second-order valence-corrected chi connectivity index (χ2v) is 6.82. The molecule has 0 bridgehead atoms. The van der Waals surface area contributed by atoms with Gasteiger partial charge in [0.2, 0.25) is 0 Å². The van der Waals surface area contributed by atoms with Crippen molar-refractivity contribution < 1.29 is 0 Å². The minimum atomic E-state index is -0.0126. The predicted octanol–water partition coefficient (Wildman–Crippen LogP) is 3.65. The Hall–Kier alpha value is -0.840. The first-order chi connectivity index (χ1) is 9.52. The van der Waals surface area contributed by atoms with Gasteiger partial charge in [-0.2, -0.15) is 5.10 Å². The maximum atomic E-state index is 12.5. The maximum Gasteiger partial charge on any atom is 0.291 e. The quantitative estimate of drug-likeness (QED) is 0.858. The molecule has 2 atom stereocenters. The Balaban J connectivity index is 2.18. The van der Waals surface area contributed by atoms with E-state index in [9.17, 15) is 4.79 Å². The van der Waals surface area contributed by atoms with E-state index in [1.165, 1.54) is 19.3 Å². The van der Waals surface area contributed by atoms with E-state index in [0.29, 0.717) is 17.5 Å². The fraction of sp³-hybridized carbons (Fsp3) is 0.733. The molecule has 112 valence electrons. The second kappa shape index (κ2) is 6.74. The summed E-state index contributed by atoms with van der Waals surface area (Å²) in [6.45, 7) is 7.23. The number of nitrogens with zero attached hydrogens (tertiary/aromatic N) is 2. The Bertz CT molecular complexity index is 510. The lowest BCUT2D eigenvalue weighted by atomic mass is 9.85. The van der Waals surface area contributed by atoms with E-state index < -0.39 is 0 Å². The van der Waals surface area contributed by atoms with Gasteiger partial charge in [-0.3, -0.25) is 4.79 Å². The summed E-state index contributed by atoms with van der Waals surface area (Å²) < 4.78 is 2.36. The number of aromatic nitrogens is 2. The van der Waals surface area contributed by atoms with Crippen molar-refractivity contribution in [1.29, 1.82) is 0 Å². The molecular formula is C15H24BrN3O. The first kappa shape index (κ1) is 15.5. The summed E-state index contributed by atoms with van der Waals surface area (Å²) in [4.78, 5) is 12.5. The van der Waals surface area contributed by atoms with Crippen LogP contribution in [-0.2, 0) is 6.54 Å². The fourth-order valence-corrected chi connectivity index (χ4v) is 2.75. The van der Waals surface area contributed by atoms with Crippen molar-refractivity contribution in [3.05, 3.63) is 21.0 Å². The molecule has 0 spiro atoms. The molecule has 0 aliphatic heterocycles.